The van der Waals surface area contributed by atoms with E-state index in [1.165, 1.54) is 96.5 Å². The first-order chi connectivity index (χ1) is 18.8. The molecule has 2 rings (SSSR count). The monoisotopic (exact) mass is 560 g/mol. The molecular formula is C32H52N2O4S. The highest BCUT2D eigenvalue weighted by atomic mass is 32.2. The molecule has 0 saturated heterocycles. The third kappa shape index (κ3) is 13.3. The number of aliphatic hydroxyl groups excluding tert-OH is 1. The highest BCUT2D eigenvalue weighted by Gasteiger charge is 2.29. The molecule has 39 heavy (non-hydrogen) atoms. The Morgan fingerprint density at radius 3 is 1.74 bits per heavy atom. The molecule has 7 heteroatoms. The van der Waals surface area contributed by atoms with E-state index < -0.39 is 28.1 Å². The summed E-state index contributed by atoms with van der Waals surface area (Å²) < 4.78 is 28.2. The van der Waals surface area contributed by atoms with E-state index in [1.807, 2.05) is 24.3 Å². The first-order valence-corrected chi connectivity index (χ1v) is 16.8. The standard InChI is InChI=1S/C32H52N2O4S/c1-3-4-5-6-7-8-9-10-11-12-13-14-15-16-17-20-25-33-32(36)31(27(2)35)34-39(37,38)30-24-23-28-21-18-19-22-29(28)26-30/h18-19,21-24,26-27,31,34-35H,3-17,20,25H2,1-2H3,(H,33,36)/t27-,31+/m1/s1. The summed E-state index contributed by atoms with van der Waals surface area (Å²) in [5, 5.41) is 14.6. The Kier molecular flexibility index (Phi) is 16.3. The molecule has 0 saturated carbocycles. The molecule has 220 valence electrons. The minimum absolute atomic E-state index is 0.0671. The van der Waals surface area contributed by atoms with Gasteiger partial charge in [-0.1, -0.05) is 134 Å². The van der Waals surface area contributed by atoms with Crippen LogP contribution in [0.25, 0.3) is 10.8 Å². The van der Waals surface area contributed by atoms with Gasteiger partial charge in [-0.05, 0) is 36.2 Å². The lowest BCUT2D eigenvalue weighted by molar-refractivity contribution is -0.124. The van der Waals surface area contributed by atoms with Crippen LogP contribution < -0.4 is 10.0 Å². The van der Waals surface area contributed by atoms with Crippen molar-refractivity contribution in [2.24, 2.45) is 0 Å². The van der Waals surface area contributed by atoms with Gasteiger partial charge in [0.05, 0.1) is 11.0 Å². The van der Waals surface area contributed by atoms with Gasteiger partial charge in [-0.3, -0.25) is 4.79 Å². The molecule has 0 bridgehead atoms. The summed E-state index contributed by atoms with van der Waals surface area (Å²) in [5.41, 5.74) is 0. The van der Waals surface area contributed by atoms with Crippen LogP contribution in [0.5, 0.6) is 0 Å². The number of carbonyl (C=O) groups excluding carboxylic acids is 1. The number of aliphatic hydroxyl groups is 1. The van der Waals surface area contributed by atoms with Crippen LogP contribution in [0, 0.1) is 0 Å². The van der Waals surface area contributed by atoms with Crippen molar-refractivity contribution < 1.29 is 18.3 Å². The van der Waals surface area contributed by atoms with Crippen LogP contribution in [-0.2, 0) is 14.8 Å². The second-order valence-electron chi connectivity index (χ2n) is 10.9. The summed E-state index contributed by atoms with van der Waals surface area (Å²) in [6.45, 7) is 4.15. The number of sulfonamides is 1. The second-order valence-corrected chi connectivity index (χ2v) is 12.7. The fourth-order valence-electron chi connectivity index (χ4n) is 4.94. The maximum Gasteiger partial charge on any atom is 0.241 e. The average molecular weight is 561 g/mol. The summed E-state index contributed by atoms with van der Waals surface area (Å²) in [4.78, 5) is 12.7. The summed E-state index contributed by atoms with van der Waals surface area (Å²) in [6.07, 6.45) is 19.4. The summed E-state index contributed by atoms with van der Waals surface area (Å²) in [7, 11) is -3.97. The van der Waals surface area contributed by atoms with Crippen molar-refractivity contribution >= 4 is 26.7 Å². The maximum atomic E-state index is 12.9. The predicted molar refractivity (Wildman–Crippen MR) is 162 cm³/mol. The number of unbranched alkanes of at least 4 members (excludes halogenated alkanes) is 15. The molecule has 0 aromatic heterocycles. The van der Waals surface area contributed by atoms with Gasteiger partial charge in [0, 0.05) is 6.54 Å². The molecule has 2 aromatic carbocycles. The zero-order chi connectivity index (χ0) is 28.3. The Morgan fingerprint density at radius 2 is 1.23 bits per heavy atom. The Bertz CT molecular complexity index is 1060. The van der Waals surface area contributed by atoms with E-state index in [0.29, 0.717) is 6.54 Å². The van der Waals surface area contributed by atoms with Crippen molar-refractivity contribution in [3.8, 4) is 0 Å². The highest BCUT2D eigenvalue weighted by molar-refractivity contribution is 7.89. The highest BCUT2D eigenvalue weighted by Crippen LogP contribution is 2.19. The molecule has 1 amide bonds. The van der Waals surface area contributed by atoms with E-state index in [9.17, 15) is 18.3 Å². The molecule has 0 unspecified atom stereocenters. The Balaban J connectivity index is 1.56. The van der Waals surface area contributed by atoms with E-state index in [0.717, 1.165) is 30.0 Å². The molecule has 2 atom stereocenters. The van der Waals surface area contributed by atoms with Crippen LogP contribution in [0.15, 0.2) is 47.4 Å². The van der Waals surface area contributed by atoms with Gasteiger partial charge in [0.2, 0.25) is 15.9 Å². The zero-order valence-corrected chi connectivity index (χ0v) is 25.1. The van der Waals surface area contributed by atoms with Crippen molar-refractivity contribution in [3.05, 3.63) is 42.5 Å². The molecule has 6 nitrogen and oxygen atoms in total. The number of hydrogen-bond donors (Lipinski definition) is 3. The van der Waals surface area contributed by atoms with E-state index in [-0.39, 0.29) is 4.90 Å². The SMILES string of the molecule is CCCCCCCCCCCCCCCCCCNC(=O)[C@@H](NS(=O)(=O)c1ccc2ccccc2c1)[C@@H](C)O. The lowest BCUT2D eigenvalue weighted by atomic mass is 10.0. The first-order valence-electron chi connectivity index (χ1n) is 15.3. The third-order valence-electron chi connectivity index (χ3n) is 7.41. The quantitative estimate of drug-likeness (QED) is 0.132. The van der Waals surface area contributed by atoms with Gasteiger partial charge in [0.15, 0.2) is 0 Å². The van der Waals surface area contributed by atoms with Gasteiger partial charge < -0.3 is 10.4 Å². The van der Waals surface area contributed by atoms with Crippen molar-refractivity contribution in [2.45, 2.75) is 134 Å². The number of carbonyl (C=O) groups is 1. The minimum Gasteiger partial charge on any atom is -0.391 e. The zero-order valence-electron chi connectivity index (χ0n) is 24.3. The van der Waals surface area contributed by atoms with Crippen molar-refractivity contribution in [1.29, 1.82) is 0 Å². The molecule has 0 aliphatic rings. The predicted octanol–water partition coefficient (Wildman–Crippen LogP) is 7.25. The molecule has 0 spiro atoms. The van der Waals surface area contributed by atoms with Gasteiger partial charge in [0.1, 0.15) is 6.04 Å². The largest absolute Gasteiger partial charge is 0.391 e. The number of fused-ring (bicyclic) bond motifs is 1. The maximum absolute atomic E-state index is 12.9. The van der Waals surface area contributed by atoms with Crippen molar-refractivity contribution in [2.75, 3.05) is 6.54 Å². The molecule has 0 aliphatic carbocycles. The number of rotatable bonds is 22. The van der Waals surface area contributed by atoms with E-state index in [1.54, 1.807) is 12.1 Å². The average Bonchev–Trinajstić information content (AvgIpc) is 2.92. The summed E-state index contributed by atoms with van der Waals surface area (Å²) in [6, 6.07) is 11.1. The van der Waals surface area contributed by atoms with E-state index >= 15 is 0 Å². The van der Waals surface area contributed by atoms with E-state index in [4.69, 9.17) is 0 Å². The molecule has 2 aromatic rings. The lowest BCUT2D eigenvalue weighted by Crippen LogP contribution is -2.52. The fraction of sp³-hybridized carbons (Fsp3) is 0.656. The number of hydrogen-bond acceptors (Lipinski definition) is 4. The van der Waals surface area contributed by atoms with Crippen LogP contribution in [0.2, 0.25) is 0 Å². The normalized spacial score (nSPS) is 13.4. The third-order valence-corrected chi connectivity index (χ3v) is 8.85. The van der Waals surface area contributed by atoms with Crippen LogP contribution in [0.4, 0.5) is 0 Å². The number of benzene rings is 2. The lowest BCUT2D eigenvalue weighted by Gasteiger charge is -2.21. The molecule has 0 heterocycles. The Morgan fingerprint density at radius 1 is 0.744 bits per heavy atom. The molecule has 0 fully saturated rings. The van der Waals surface area contributed by atoms with Crippen LogP contribution in [0.3, 0.4) is 0 Å². The first kappa shape index (κ1) is 33.2. The van der Waals surface area contributed by atoms with Crippen LogP contribution in [0.1, 0.15) is 117 Å². The summed E-state index contributed by atoms with van der Waals surface area (Å²) in [5.74, 6) is -0.504. The van der Waals surface area contributed by atoms with Gasteiger partial charge in [-0.2, -0.15) is 4.72 Å². The van der Waals surface area contributed by atoms with E-state index in [2.05, 4.69) is 17.0 Å². The molecule has 0 radical (unpaired) electrons. The topological polar surface area (TPSA) is 95.5 Å². The Hall–Kier alpha value is -1.96. The number of amides is 1. The van der Waals surface area contributed by atoms with Gasteiger partial charge in [-0.25, -0.2) is 8.42 Å². The van der Waals surface area contributed by atoms with Crippen molar-refractivity contribution in [1.82, 2.24) is 10.0 Å². The van der Waals surface area contributed by atoms with Crippen molar-refractivity contribution in [3.63, 3.8) is 0 Å². The Labute approximate surface area is 237 Å². The van der Waals surface area contributed by atoms with Gasteiger partial charge in [-0.15, -0.1) is 0 Å². The molecule has 0 aliphatic heterocycles. The second kappa shape index (κ2) is 19.2. The smallest absolute Gasteiger partial charge is 0.241 e. The fourth-order valence-corrected chi connectivity index (χ4v) is 6.24. The minimum atomic E-state index is -3.97. The van der Waals surface area contributed by atoms with Crippen LogP contribution in [-0.4, -0.2) is 38.1 Å². The van der Waals surface area contributed by atoms with Crippen LogP contribution >= 0.6 is 0 Å². The van der Waals surface area contributed by atoms with Gasteiger partial charge in [0.25, 0.3) is 0 Å². The molecule has 3 N–H and O–H groups in total. The molecular weight excluding hydrogens is 508 g/mol. The summed E-state index contributed by atoms with van der Waals surface area (Å²) >= 11 is 0. The number of nitrogens with one attached hydrogen (secondary N) is 2. The van der Waals surface area contributed by atoms with Gasteiger partial charge >= 0.3 is 0 Å².